The van der Waals surface area contributed by atoms with Gasteiger partial charge in [0.25, 0.3) is 5.95 Å². The number of hydrogen-bond acceptors (Lipinski definition) is 10. The van der Waals surface area contributed by atoms with E-state index in [0.717, 1.165) is 23.1 Å². The lowest BCUT2D eigenvalue weighted by molar-refractivity contribution is 0.122. The fourth-order valence-electron chi connectivity index (χ4n) is 4.27. The fraction of sp³-hybridized carbons (Fsp3) is 0.250. The first kappa shape index (κ1) is 26.0. The van der Waals surface area contributed by atoms with Crippen LogP contribution in [0.15, 0.2) is 71.0 Å². The van der Waals surface area contributed by atoms with Gasteiger partial charge in [-0.1, -0.05) is 19.1 Å². The summed E-state index contributed by atoms with van der Waals surface area (Å²) < 4.78 is 19.6. The van der Waals surface area contributed by atoms with Crippen molar-refractivity contribution in [3.8, 4) is 22.6 Å². The van der Waals surface area contributed by atoms with Gasteiger partial charge >= 0.3 is 0 Å². The van der Waals surface area contributed by atoms with Gasteiger partial charge in [0.1, 0.15) is 18.0 Å². The molecule has 10 nitrogen and oxygen atoms in total. The number of morpholine rings is 1. The number of aryl methyl sites for hydroxylation is 1. The lowest BCUT2D eigenvalue weighted by Gasteiger charge is -2.27. The number of pyridine rings is 1. The molecule has 2 aromatic carbocycles. The largest absolute Gasteiger partial charge is 0.508 e. The summed E-state index contributed by atoms with van der Waals surface area (Å²) in [5, 5.41) is 31.9. The van der Waals surface area contributed by atoms with E-state index in [0.29, 0.717) is 49.7 Å². The van der Waals surface area contributed by atoms with E-state index in [9.17, 15) is 14.6 Å². The van der Waals surface area contributed by atoms with Crippen LogP contribution in [0.25, 0.3) is 11.1 Å². The number of ether oxygens (including phenoxy) is 1. The van der Waals surface area contributed by atoms with E-state index in [-0.39, 0.29) is 29.8 Å². The topological polar surface area (TPSA) is 128 Å². The summed E-state index contributed by atoms with van der Waals surface area (Å²) >= 11 is 0. The van der Waals surface area contributed by atoms with E-state index in [2.05, 4.69) is 25.5 Å². The number of aromatic hydroxyl groups is 2. The Morgan fingerprint density at radius 1 is 1.05 bits per heavy atom. The molecular weight excluding hydrogens is 501 g/mol. The summed E-state index contributed by atoms with van der Waals surface area (Å²) in [6.07, 6.45) is 1.78. The molecule has 2 aromatic heterocycles. The number of anilines is 3. The number of phenols is 2. The fourth-order valence-corrected chi connectivity index (χ4v) is 4.27. The molecule has 1 aliphatic heterocycles. The second kappa shape index (κ2) is 11.8. The van der Waals surface area contributed by atoms with E-state index in [4.69, 9.17) is 9.72 Å². The summed E-state index contributed by atoms with van der Waals surface area (Å²) in [7, 11) is 0. The Balaban J connectivity index is 1.26. The Kier molecular flexibility index (Phi) is 7.88. The molecule has 5 rings (SSSR count). The second-order valence-corrected chi connectivity index (χ2v) is 8.90. The van der Waals surface area contributed by atoms with Crippen LogP contribution in [0.3, 0.4) is 0 Å². The summed E-state index contributed by atoms with van der Waals surface area (Å²) in [6, 6.07) is 15.8. The third kappa shape index (κ3) is 6.27. The van der Waals surface area contributed by atoms with Gasteiger partial charge in [0, 0.05) is 30.4 Å². The van der Waals surface area contributed by atoms with Gasteiger partial charge in [0.05, 0.1) is 36.5 Å². The molecule has 11 heteroatoms. The first-order valence-corrected chi connectivity index (χ1v) is 12.6. The van der Waals surface area contributed by atoms with Gasteiger partial charge in [0.15, 0.2) is 11.6 Å². The minimum absolute atomic E-state index is 0.0841. The van der Waals surface area contributed by atoms with Crippen LogP contribution in [0.2, 0.25) is 0 Å². The lowest BCUT2D eigenvalue weighted by Crippen LogP contribution is -2.37. The number of halogens is 1. The zero-order valence-corrected chi connectivity index (χ0v) is 21.4. The Morgan fingerprint density at radius 3 is 2.67 bits per heavy atom. The molecule has 0 atom stereocenters. The highest BCUT2D eigenvalue weighted by Crippen LogP contribution is 2.34. The quantitative estimate of drug-likeness (QED) is 0.255. The number of nitrogens with one attached hydrogen (secondary N) is 1. The van der Waals surface area contributed by atoms with Crippen molar-refractivity contribution < 1.29 is 19.3 Å². The molecule has 0 unspecified atom stereocenters. The standard InChI is InChI=1S/C28H28FN7O3/c1-2-24-25(32-19-6-8-22(26(38)15-19)18-4-3-5-21(37)14-18)9-7-20(33-24)16-31-35-28-30-17-23(29)27(34-28)36-10-12-39-13-11-36/h3-9,14-15,17,32,37-38H,2,10-13,16H2,1H3. The Hall–Kier alpha value is -4.64. The van der Waals surface area contributed by atoms with Crippen molar-refractivity contribution in [2.75, 3.05) is 36.5 Å². The average Bonchev–Trinajstić information content (AvgIpc) is 2.95. The molecular formula is C28H28FN7O3. The smallest absolute Gasteiger partial charge is 0.270 e. The molecule has 1 saturated heterocycles. The maximum atomic E-state index is 14.2. The van der Waals surface area contributed by atoms with E-state index in [1.807, 2.05) is 31.2 Å². The first-order chi connectivity index (χ1) is 19.0. The zero-order chi connectivity index (χ0) is 27.2. The van der Waals surface area contributed by atoms with Crippen LogP contribution >= 0.6 is 0 Å². The van der Waals surface area contributed by atoms with Crippen molar-refractivity contribution in [1.82, 2.24) is 15.0 Å². The van der Waals surface area contributed by atoms with Crippen LogP contribution in [0.5, 0.6) is 11.5 Å². The molecule has 3 heterocycles. The van der Waals surface area contributed by atoms with Crippen LogP contribution in [-0.2, 0) is 17.7 Å². The van der Waals surface area contributed by atoms with E-state index < -0.39 is 5.82 Å². The van der Waals surface area contributed by atoms with Crippen LogP contribution in [0.4, 0.5) is 27.5 Å². The minimum Gasteiger partial charge on any atom is -0.508 e. The van der Waals surface area contributed by atoms with Crippen molar-refractivity contribution in [2.45, 2.75) is 19.9 Å². The number of azo groups is 1. The van der Waals surface area contributed by atoms with Crippen LogP contribution in [-0.4, -0.2) is 51.5 Å². The normalized spacial score (nSPS) is 13.6. The third-order valence-corrected chi connectivity index (χ3v) is 6.22. The number of nitrogens with zero attached hydrogens (tertiary/aromatic N) is 6. The van der Waals surface area contributed by atoms with Gasteiger partial charge in [-0.25, -0.2) is 9.37 Å². The number of hydrogen-bond donors (Lipinski definition) is 3. The first-order valence-electron chi connectivity index (χ1n) is 12.6. The predicted octanol–water partition coefficient (Wildman–Crippen LogP) is 5.52. The highest BCUT2D eigenvalue weighted by Gasteiger charge is 2.18. The van der Waals surface area contributed by atoms with Gasteiger partial charge in [-0.3, -0.25) is 4.98 Å². The Bertz CT molecular complexity index is 1490. The molecule has 200 valence electrons. The molecule has 0 bridgehead atoms. The maximum absolute atomic E-state index is 14.2. The molecule has 1 fully saturated rings. The summed E-state index contributed by atoms with van der Waals surface area (Å²) in [5.41, 5.74) is 4.38. The highest BCUT2D eigenvalue weighted by atomic mass is 19.1. The highest BCUT2D eigenvalue weighted by molar-refractivity contribution is 5.75. The SMILES string of the molecule is CCc1nc(CN=Nc2ncc(F)c(N3CCOCC3)n2)ccc1Nc1ccc(-c2cccc(O)c2)c(O)c1. The molecule has 3 N–H and O–H groups in total. The van der Waals surface area contributed by atoms with Crippen LogP contribution in [0, 0.1) is 5.82 Å². The summed E-state index contributed by atoms with van der Waals surface area (Å²) in [6.45, 7) is 4.34. The summed E-state index contributed by atoms with van der Waals surface area (Å²) in [5.74, 6) is 0.00480. The molecule has 1 aliphatic rings. The molecule has 39 heavy (non-hydrogen) atoms. The van der Waals surface area contributed by atoms with E-state index in [1.165, 1.54) is 0 Å². The molecule has 0 saturated carbocycles. The van der Waals surface area contributed by atoms with Gasteiger partial charge in [-0.05, 0) is 48.4 Å². The van der Waals surface area contributed by atoms with Crippen molar-refractivity contribution in [3.63, 3.8) is 0 Å². The second-order valence-electron chi connectivity index (χ2n) is 8.90. The number of benzene rings is 2. The van der Waals surface area contributed by atoms with Crippen molar-refractivity contribution >= 4 is 23.1 Å². The van der Waals surface area contributed by atoms with Crippen LogP contribution in [0.1, 0.15) is 18.3 Å². The Morgan fingerprint density at radius 2 is 1.90 bits per heavy atom. The van der Waals surface area contributed by atoms with E-state index >= 15 is 0 Å². The lowest BCUT2D eigenvalue weighted by atomic mass is 10.0. The van der Waals surface area contributed by atoms with E-state index in [1.54, 1.807) is 35.2 Å². The molecule has 0 aliphatic carbocycles. The summed E-state index contributed by atoms with van der Waals surface area (Å²) in [4.78, 5) is 14.6. The number of rotatable bonds is 8. The van der Waals surface area contributed by atoms with Crippen molar-refractivity contribution in [2.24, 2.45) is 10.2 Å². The number of phenolic OH excluding ortho intramolecular Hbond substituents is 2. The molecule has 0 spiro atoms. The number of aromatic nitrogens is 3. The average molecular weight is 530 g/mol. The monoisotopic (exact) mass is 529 g/mol. The van der Waals surface area contributed by atoms with Crippen LogP contribution < -0.4 is 10.2 Å². The van der Waals surface area contributed by atoms with Gasteiger partial charge in [0.2, 0.25) is 0 Å². The van der Waals surface area contributed by atoms with Gasteiger partial charge in [-0.15, -0.1) is 5.11 Å². The van der Waals surface area contributed by atoms with Gasteiger partial charge < -0.3 is 25.2 Å². The minimum atomic E-state index is -0.504. The van der Waals surface area contributed by atoms with Gasteiger partial charge in [-0.2, -0.15) is 10.1 Å². The van der Waals surface area contributed by atoms with Crippen molar-refractivity contribution in [3.05, 3.63) is 78.0 Å². The molecule has 0 radical (unpaired) electrons. The zero-order valence-electron chi connectivity index (χ0n) is 21.4. The Labute approximate surface area is 224 Å². The van der Waals surface area contributed by atoms with Crippen molar-refractivity contribution in [1.29, 1.82) is 0 Å². The molecule has 0 amide bonds. The third-order valence-electron chi connectivity index (χ3n) is 6.22. The predicted molar refractivity (Wildman–Crippen MR) is 145 cm³/mol. The maximum Gasteiger partial charge on any atom is 0.270 e. The molecule has 4 aromatic rings.